The Labute approximate surface area is 195 Å². The molecule has 2 unspecified atom stereocenters. The minimum Gasteiger partial charge on any atom is -0.486 e. The number of fused-ring (bicyclic) bond motifs is 2. The second kappa shape index (κ2) is 11.3. The van der Waals surface area contributed by atoms with Crippen molar-refractivity contribution in [2.75, 3.05) is 0 Å². The van der Waals surface area contributed by atoms with Gasteiger partial charge in [-0.3, -0.25) is 4.79 Å². The predicted octanol–water partition coefficient (Wildman–Crippen LogP) is 4.44. The van der Waals surface area contributed by atoms with E-state index >= 15 is 0 Å². The molecule has 4 rings (SSSR count). The lowest BCUT2D eigenvalue weighted by molar-refractivity contribution is -0.122. The third kappa shape index (κ3) is 6.33. The highest BCUT2D eigenvalue weighted by Crippen LogP contribution is 2.39. The molecule has 1 aromatic carbocycles. The first kappa shape index (κ1) is 24.9. The van der Waals surface area contributed by atoms with Gasteiger partial charge in [-0.1, -0.05) is 24.1 Å². The van der Waals surface area contributed by atoms with E-state index in [4.69, 9.17) is 10.5 Å². The highest BCUT2D eigenvalue weighted by molar-refractivity contribution is 7.09. The number of nitrogens with zero attached hydrogens (tertiary/aromatic N) is 1. The number of rotatable bonds is 6. The van der Waals surface area contributed by atoms with Crippen LogP contribution in [0.3, 0.4) is 0 Å². The number of nitrogens with two attached hydrogens (primary N) is 1. The number of amides is 1. The van der Waals surface area contributed by atoms with Crippen LogP contribution in [0.4, 0.5) is 0 Å². The Kier molecular flexibility index (Phi) is 9.41. The van der Waals surface area contributed by atoms with E-state index in [1.807, 2.05) is 29.6 Å². The average molecular weight is 472 g/mol. The summed E-state index contributed by atoms with van der Waals surface area (Å²) in [5.41, 5.74) is 8.22. The molecule has 1 aromatic heterocycles. The van der Waals surface area contributed by atoms with Gasteiger partial charge in [0.2, 0.25) is 5.91 Å². The summed E-state index contributed by atoms with van der Waals surface area (Å²) in [4.78, 5) is 17.2. The van der Waals surface area contributed by atoms with E-state index in [2.05, 4.69) is 17.2 Å². The molecule has 2 fully saturated rings. The zero-order chi connectivity index (χ0) is 19.5. The first-order chi connectivity index (χ1) is 13.6. The zero-order valence-electron chi connectivity index (χ0n) is 17.2. The summed E-state index contributed by atoms with van der Waals surface area (Å²) in [6.07, 6.45) is 6.06. The van der Waals surface area contributed by atoms with Gasteiger partial charge in [-0.25, -0.2) is 4.98 Å². The van der Waals surface area contributed by atoms with Gasteiger partial charge in [-0.05, 0) is 56.6 Å². The SMILES string of the molecule is Cc1ccc(OCc2nc(CC(=O)NC3C4CCCC3CC(N)C4)cs2)cc1.Cl.Cl. The Hall–Kier alpha value is -1.34. The first-order valence-electron chi connectivity index (χ1n) is 10.2. The van der Waals surface area contributed by atoms with Crippen molar-refractivity contribution < 1.29 is 9.53 Å². The Bertz CT molecular complexity index is 801. The standard InChI is InChI=1S/C22H29N3O2S.2ClH/c1-14-5-7-19(8-6-14)27-12-21-24-18(13-28-21)11-20(26)25-22-15-3-2-4-16(22)10-17(23)9-15;;/h5-8,13,15-17,22H,2-4,9-12,23H2,1H3,(H,25,26);2*1H. The minimum absolute atomic E-state index is 0. The maximum Gasteiger partial charge on any atom is 0.226 e. The van der Waals surface area contributed by atoms with Crippen LogP contribution in [0.2, 0.25) is 0 Å². The number of ether oxygens (including phenoxy) is 1. The lowest BCUT2D eigenvalue weighted by Gasteiger charge is -2.45. The lowest BCUT2D eigenvalue weighted by atomic mass is 9.67. The second-order valence-electron chi connectivity index (χ2n) is 8.29. The molecule has 2 aromatic rings. The normalized spacial score (nSPS) is 24.9. The molecule has 1 amide bonds. The van der Waals surface area contributed by atoms with Crippen LogP contribution in [-0.2, 0) is 17.8 Å². The van der Waals surface area contributed by atoms with Crippen molar-refractivity contribution in [2.45, 2.75) is 64.1 Å². The van der Waals surface area contributed by atoms with Crippen molar-refractivity contribution in [2.24, 2.45) is 17.6 Å². The summed E-state index contributed by atoms with van der Waals surface area (Å²) >= 11 is 1.54. The molecule has 0 saturated heterocycles. The number of carbonyl (C=O) groups is 1. The molecule has 0 aliphatic heterocycles. The second-order valence-corrected chi connectivity index (χ2v) is 9.23. The van der Waals surface area contributed by atoms with Gasteiger partial charge in [-0.15, -0.1) is 36.2 Å². The van der Waals surface area contributed by atoms with Gasteiger partial charge in [0.1, 0.15) is 17.4 Å². The van der Waals surface area contributed by atoms with E-state index in [9.17, 15) is 4.79 Å². The quantitative estimate of drug-likeness (QED) is 0.652. The Morgan fingerprint density at radius 1 is 1.20 bits per heavy atom. The smallest absolute Gasteiger partial charge is 0.226 e. The molecule has 0 spiro atoms. The maximum absolute atomic E-state index is 12.6. The van der Waals surface area contributed by atoms with Crippen molar-refractivity contribution >= 4 is 42.1 Å². The Balaban J connectivity index is 0.00000160. The fourth-order valence-corrected chi connectivity index (χ4v) is 5.41. The number of aromatic nitrogens is 1. The highest BCUT2D eigenvalue weighted by Gasteiger charge is 2.39. The van der Waals surface area contributed by atoms with Gasteiger partial charge in [0.05, 0.1) is 12.1 Å². The molecular formula is C22H31Cl2N3O2S. The topological polar surface area (TPSA) is 77.2 Å². The molecule has 8 heteroatoms. The molecule has 2 bridgehead atoms. The zero-order valence-corrected chi connectivity index (χ0v) is 19.7. The molecule has 30 heavy (non-hydrogen) atoms. The Morgan fingerprint density at radius 2 is 1.87 bits per heavy atom. The maximum atomic E-state index is 12.6. The van der Waals surface area contributed by atoms with E-state index < -0.39 is 0 Å². The number of hydrogen-bond donors (Lipinski definition) is 2. The van der Waals surface area contributed by atoms with Gasteiger partial charge < -0.3 is 15.8 Å². The van der Waals surface area contributed by atoms with E-state index in [1.54, 1.807) is 11.3 Å². The third-order valence-corrected chi connectivity index (χ3v) is 6.90. The average Bonchev–Trinajstić information content (AvgIpc) is 3.09. The van der Waals surface area contributed by atoms with Crippen LogP contribution in [-0.4, -0.2) is 23.0 Å². The number of aryl methyl sites for hydroxylation is 1. The van der Waals surface area contributed by atoms with Crippen molar-refractivity contribution in [1.82, 2.24) is 10.3 Å². The van der Waals surface area contributed by atoms with Gasteiger partial charge in [0, 0.05) is 17.5 Å². The highest BCUT2D eigenvalue weighted by atomic mass is 35.5. The summed E-state index contributed by atoms with van der Waals surface area (Å²) in [6, 6.07) is 8.58. The third-order valence-electron chi connectivity index (χ3n) is 6.03. The summed E-state index contributed by atoms with van der Waals surface area (Å²) in [7, 11) is 0. The molecule has 1 heterocycles. The first-order valence-corrected chi connectivity index (χ1v) is 11.1. The molecule has 3 N–H and O–H groups in total. The van der Waals surface area contributed by atoms with Crippen molar-refractivity contribution in [3.63, 3.8) is 0 Å². The van der Waals surface area contributed by atoms with E-state index in [0.29, 0.717) is 36.9 Å². The summed E-state index contributed by atoms with van der Waals surface area (Å²) in [5, 5.41) is 6.16. The fourth-order valence-electron chi connectivity index (χ4n) is 4.70. The molecule has 2 aliphatic carbocycles. The van der Waals surface area contributed by atoms with Crippen molar-refractivity contribution in [1.29, 1.82) is 0 Å². The summed E-state index contributed by atoms with van der Waals surface area (Å²) in [5.74, 6) is 2.00. The monoisotopic (exact) mass is 471 g/mol. The largest absolute Gasteiger partial charge is 0.486 e. The van der Waals surface area contributed by atoms with E-state index in [1.165, 1.54) is 24.8 Å². The molecule has 0 radical (unpaired) electrons. The van der Waals surface area contributed by atoms with E-state index in [0.717, 1.165) is 29.3 Å². The van der Waals surface area contributed by atoms with Crippen molar-refractivity contribution in [3.05, 3.63) is 45.9 Å². The molecule has 2 atom stereocenters. The number of carbonyl (C=O) groups excluding carboxylic acids is 1. The van der Waals surface area contributed by atoms with E-state index in [-0.39, 0.29) is 30.7 Å². The fraction of sp³-hybridized carbons (Fsp3) is 0.545. The minimum atomic E-state index is 0. The van der Waals surface area contributed by atoms with Crippen LogP contribution in [0.25, 0.3) is 0 Å². The predicted molar refractivity (Wildman–Crippen MR) is 126 cm³/mol. The van der Waals surface area contributed by atoms with Gasteiger partial charge >= 0.3 is 0 Å². The van der Waals surface area contributed by atoms with Crippen LogP contribution in [0.15, 0.2) is 29.6 Å². The van der Waals surface area contributed by atoms with Crippen LogP contribution < -0.4 is 15.8 Å². The number of benzene rings is 1. The van der Waals surface area contributed by atoms with Crippen LogP contribution in [0.5, 0.6) is 5.75 Å². The lowest BCUT2D eigenvalue weighted by Crippen LogP contribution is -2.54. The number of hydrogen-bond acceptors (Lipinski definition) is 5. The van der Waals surface area contributed by atoms with Gasteiger partial charge in [0.15, 0.2) is 0 Å². The molecule has 2 aliphatic rings. The number of nitrogens with one attached hydrogen (secondary N) is 1. The molecular weight excluding hydrogens is 441 g/mol. The molecule has 2 saturated carbocycles. The van der Waals surface area contributed by atoms with Crippen LogP contribution >= 0.6 is 36.2 Å². The Morgan fingerprint density at radius 3 is 2.53 bits per heavy atom. The van der Waals surface area contributed by atoms with Gasteiger partial charge in [0.25, 0.3) is 0 Å². The number of thiazole rings is 1. The van der Waals surface area contributed by atoms with Crippen LogP contribution in [0.1, 0.15) is 48.4 Å². The summed E-state index contributed by atoms with van der Waals surface area (Å²) in [6.45, 7) is 2.48. The number of halogens is 2. The van der Waals surface area contributed by atoms with Crippen LogP contribution in [0, 0.1) is 18.8 Å². The molecule has 166 valence electrons. The van der Waals surface area contributed by atoms with Gasteiger partial charge in [-0.2, -0.15) is 0 Å². The van der Waals surface area contributed by atoms with Crippen molar-refractivity contribution in [3.8, 4) is 5.75 Å². The summed E-state index contributed by atoms with van der Waals surface area (Å²) < 4.78 is 5.78. The molecule has 5 nitrogen and oxygen atoms in total.